The highest BCUT2D eigenvalue weighted by atomic mass is 16.5. The van der Waals surface area contributed by atoms with Crippen molar-refractivity contribution in [1.82, 2.24) is 14.8 Å². The molecular formula is C16H17N3O2. The summed E-state index contributed by atoms with van der Waals surface area (Å²) in [6.07, 6.45) is 5.51. The summed E-state index contributed by atoms with van der Waals surface area (Å²) in [6.45, 7) is 0.756. The third kappa shape index (κ3) is 2.81. The standard InChI is InChI=1S/C16H17N3O2/c1-21-13-4-5-15-14(11-13)16(20)18-19(15)10-2-3-12-6-8-17-9-7-12/h4-9,11H,2-3,10H2,1H3,(H,18,20). The van der Waals surface area contributed by atoms with Crippen molar-refractivity contribution in [3.8, 4) is 11.6 Å². The minimum Gasteiger partial charge on any atom is -0.497 e. The van der Waals surface area contributed by atoms with Crippen LogP contribution in [0.2, 0.25) is 0 Å². The van der Waals surface area contributed by atoms with Crippen molar-refractivity contribution >= 4 is 10.9 Å². The molecule has 0 fully saturated rings. The van der Waals surface area contributed by atoms with Crippen molar-refractivity contribution in [3.05, 3.63) is 48.3 Å². The van der Waals surface area contributed by atoms with Crippen molar-refractivity contribution in [2.75, 3.05) is 7.11 Å². The fourth-order valence-electron chi connectivity index (χ4n) is 2.42. The summed E-state index contributed by atoms with van der Waals surface area (Å²) < 4.78 is 7.01. The highest BCUT2D eigenvalue weighted by molar-refractivity contribution is 5.85. The van der Waals surface area contributed by atoms with Gasteiger partial charge in [-0.3, -0.25) is 9.67 Å². The van der Waals surface area contributed by atoms with Crippen LogP contribution in [0.25, 0.3) is 10.9 Å². The number of hydrogen-bond acceptors (Lipinski definition) is 4. The Hall–Kier alpha value is -2.56. The van der Waals surface area contributed by atoms with E-state index in [4.69, 9.17) is 4.74 Å². The molecule has 2 aromatic heterocycles. The molecule has 0 aliphatic heterocycles. The smallest absolute Gasteiger partial charge is 0.238 e. The van der Waals surface area contributed by atoms with Crippen molar-refractivity contribution < 1.29 is 9.84 Å². The molecule has 2 heterocycles. The second-order valence-corrected chi connectivity index (χ2v) is 4.89. The third-order valence-electron chi connectivity index (χ3n) is 3.52. The van der Waals surface area contributed by atoms with Gasteiger partial charge in [-0.05, 0) is 48.7 Å². The molecule has 0 radical (unpaired) electrons. The van der Waals surface area contributed by atoms with Crippen LogP contribution in [-0.4, -0.2) is 27.0 Å². The maximum Gasteiger partial charge on any atom is 0.238 e. The topological polar surface area (TPSA) is 60.2 Å². The lowest BCUT2D eigenvalue weighted by Gasteiger charge is -2.04. The number of aromatic nitrogens is 3. The van der Waals surface area contributed by atoms with E-state index in [9.17, 15) is 5.11 Å². The number of methoxy groups -OCH3 is 1. The number of pyridine rings is 1. The van der Waals surface area contributed by atoms with E-state index in [2.05, 4.69) is 10.1 Å². The largest absolute Gasteiger partial charge is 0.497 e. The SMILES string of the molecule is COc1ccc2c(c1)c(O)nn2CCCc1ccncc1. The van der Waals surface area contributed by atoms with E-state index in [1.54, 1.807) is 25.6 Å². The summed E-state index contributed by atoms with van der Waals surface area (Å²) in [5, 5.41) is 14.9. The Bertz CT molecular complexity index is 738. The molecule has 0 saturated heterocycles. The van der Waals surface area contributed by atoms with Gasteiger partial charge in [-0.15, -0.1) is 5.10 Å². The van der Waals surface area contributed by atoms with Gasteiger partial charge in [0.25, 0.3) is 0 Å². The minimum absolute atomic E-state index is 0.0489. The molecule has 3 rings (SSSR count). The van der Waals surface area contributed by atoms with Crippen LogP contribution in [0.4, 0.5) is 0 Å². The van der Waals surface area contributed by atoms with Crippen LogP contribution in [0.5, 0.6) is 11.6 Å². The summed E-state index contributed by atoms with van der Waals surface area (Å²) in [7, 11) is 1.61. The number of ether oxygens (including phenoxy) is 1. The summed E-state index contributed by atoms with van der Waals surface area (Å²) in [5.74, 6) is 0.766. The Kier molecular flexibility index (Phi) is 3.73. The fraction of sp³-hybridized carbons (Fsp3) is 0.250. The van der Waals surface area contributed by atoms with Crippen LogP contribution >= 0.6 is 0 Å². The lowest BCUT2D eigenvalue weighted by molar-refractivity contribution is 0.415. The minimum atomic E-state index is 0.0489. The van der Waals surface area contributed by atoms with Gasteiger partial charge in [-0.25, -0.2) is 0 Å². The van der Waals surface area contributed by atoms with E-state index < -0.39 is 0 Å². The van der Waals surface area contributed by atoms with Crippen molar-refractivity contribution in [2.24, 2.45) is 0 Å². The molecule has 0 atom stereocenters. The summed E-state index contributed by atoms with van der Waals surface area (Å²) >= 11 is 0. The zero-order valence-electron chi connectivity index (χ0n) is 11.9. The maximum atomic E-state index is 9.93. The quantitative estimate of drug-likeness (QED) is 0.782. The zero-order chi connectivity index (χ0) is 14.7. The van der Waals surface area contributed by atoms with Gasteiger partial charge in [-0.1, -0.05) is 0 Å². The normalized spacial score (nSPS) is 10.9. The van der Waals surface area contributed by atoms with E-state index in [1.165, 1.54) is 5.56 Å². The number of fused-ring (bicyclic) bond motifs is 1. The molecule has 5 nitrogen and oxygen atoms in total. The number of rotatable bonds is 5. The molecule has 0 saturated carbocycles. The van der Waals surface area contributed by atoms with Crippen molar-refractivity contribution in [3.63, 3.8) is 0 Å². The van der Waals surface area contributed by atoms with Gasteiger partial charge in [0.05, 0.1) is 18.0 Å². The third-order valence-corrected chi connectivity index (χ3v) is 3.52. The Balaban J connectivity index is 1.75. The van der Waals surface area contributed by atoms with E-state index in [1.807, 2.05) is 28.9 Å². The fourth-order valence-corrected chi connectivity index (χ4v) is 2.42. The zero-order valence-corrected chi connectivity index (χ0v) is 11.9. The molecule has 1 aromatic carbocycles. The first-order valence-corrected chi connectivity index (χ1v) is 6.90. The summed E-state index contributed by atoms with van der Waals surface area (Å²) in [5.41, 5.74) is 2.18. The molecule has 0 aliphatic carbocycles. The molecule has 1 N–H and O–H groups in total. The number of benzene rings is 1. The lowest BCUT2D eigenvalue weighted by Crippen LogP contribution is -2.01. The van der Waals surface area contributed by atoms with Gasteiger partial charge in [0, 0.05) is 18.9 Å². The van der Waals surface area contributed by atoms with Gasteiger partial charge >= 0.3 is 0 Å². The van der Waals surface area contributed by atoms with E-state index >= 15 is 0 Å². The highest BCUT2D eigenvalue weighted by Crippen LogP contribution is 2.28. The van der Waals surface area contributed by atoms with E-state index in [0.717, 1.165) is 30.3 Å². The number of nitrogens with zero attached hydrogens (tertiary/aromatic N) is 3. The van der Waals surface area contributed by atoms with Gasteiger partial charge in [0.2, 0.25) is 5.88 Å². The molecule has 0 bridgehead atoms. The monoisotopic (exact) mass is 283 g/mol. The summed E-state index contributed by atoms with van der Waals surface area (Å²) in [6, 6.07) is 9.64. The summed E-state index contributed by atoms with van der Waals surface area (Å²) in [4.78, 5) is 4.01. The molecule has 108 valence electrons. The molecule has 21 heavy (non-hydrogen) atoms. The van der Waals surface area contributed by atoms with Gasteiger partial charge in [0.1, 0.15) is 5.75 Å². The van der Waals surface area contributed by atoms with E-state index in [0.29, 0.717) is 5.75 Å². The maximum absolute atomic E-state index is 9.93. The predicted molar refractivity (Wildman–Crippen MR) is 80.5 cm³/mol. The van der Waals surface area contributed by atoms with Crippen molar-refractivity contribution in [1.29, 1.82) is 0 Å². The molecule has 3 aromatic rings. The first kappa shape index (κ1) is 13.4. The van der Waals surface area contributed by atoms with Crippen LogP contribution in [0, 0.1) is 0 Å². The van der Waals surface area contributed by atoms with Gasteiger partial charge in [0.15, 0.2) is 0 Å². The first-order valence-electron chi connectivity index (χ1n) is 6.90. The second-order valence-electron chi connectivity index (χ2n) is 4.89. The Labute approximate surface area is 122 Å². The lowest BCUT2D eigenvalue weighted by atomic mass is 10.1. The average Bonchev–Trinajstić information content (AvgIpc) is 2.84. The number of hydrogen-bond donors (Lipinski definition) is 1. The molecular weight excluding hydrogens is 266 g/mol. The number of aryl methyl sites for hydroxylation is 2. The van der Waals surface area contributed by atoms with Crippen LogP contribution in [0.1, 0.15) is 12.0 Å². The van der Waals surface area contributed by atoms with Crippen molar-refractivity contribution in [2.45, 2.75) is 19.4 Å². The molecule has 0 aliphatic rings. The molecule has 0 amide bonds. The van der Waals surface area contributed by atoms with Gasteiger partial charge < -0.3 is 9.84 Å². The number of aromatic hydroxyl groups is 1. The molecule has 0 spiro atoms. The van der Waals surface area contributed by atoms with Crippen LogP contribution in [0.3, 0.4) is 0 Å². The van der Waals surface area contributed by atoms with Crippen LogP contribution < -0.4 is 4.74 Å². The Morgan fingerprint density at radius 1 is 1.19 bits per heavy atom. The molecule has 0 unspecified atom stereocenters. The van der Waals surface area contributed by atoms with Crippen LogP contribution in [-0.2, 0) is 13.0 Å². The average molecular weight is 283 g/mol. The van der Waals surface area contributed by atoms with Crippen LogP contribution in [0.15, 0.2) is 42.7 Å². The molecule has 5 heteroatoms. The Morgan fingerprint density at radius 3 is 2.76 bits per heavy atom. The second kappa shape index (κ2) is 5.83. The van der Waals surface area contributed by atoms with Gasteiger partial charge in [-0.2, -0.15) is 0 Å². The first-order chi connectivity index (χ1) is 10.3. The van der Waals surface area contributed by atoms with E-state index in [-0.39, 0.29) is 5.88 Å². The Morgan fingerprint density at radius 2 is 2.00 bits per heavy atom. The predicted octanol–water partition coefficient (Wildman–Crippen LogP) is 2.78. The highest BCUT2D eigenvalue weighted by Gasteiger charge is 2.10.